The van der Waals surface area contributed by atoms with Gasteiger partial charge in [-0.1, -0.05) is 19.3 Å². The summed E-state index contributed by atoms with van der Waals surface area (Å²) in [6.45, 7) is 2.69. The van der Waals surface area contributed by atoms with E-state index in [-0.39, 0.29) is 17.7 Å². The number of nitrogens with one attached hydrogen (secondary N) is 2. The van der Waals surface area contributed by atoms with Gasteiger partial charge in [-0.25, -0.2) is 0 Å². The molecule has 1 atom stereocenters. The van der Waals surface area contributed by atoms with Crippen molar-refractivity contribution in [1.82, 2.24) is 5.32 Å². The molecular weight excluding hydrogens is 304 g/mol. The Bertz CT molecular complexity index is 609. The fourth-order valence-corrected chi connectivity index (χ4v) is 3.62. The second-order valence-corrected chi connectivity index (χ2v) is 6.96. The van der Waals surface area contributed by atoms with Crippen LogP contribution in [-0.2, 0) is 16.0 Å². The molecule has 2 N–H and O–H groups in total. The van der Waals surface area contributed by atoms with Gasteiger partial charge in [-0.05, 0) is 48.9 Å². The van der Waals surface area contributed by atoms with Crippen molar-refractivity contribution in [3.8, 4) is 5.75 Å². The van der Waals surface area contributed by atoms with Crippen molar-refractivity contribution >= 4 is 17.5 Å². The summed E-state index contributed by atoms with van der Waals surface area (Å²) >= 11 is 0. The molecule has 1 fully saturated rings. The Morgan fingerprint density at radius 3 is 2.75 bits per heavy atom. The van der Waals surface area contributed by atoms with Crippen molar-refractivity contribution in [1.29, 1.82) is 0 Å². The number of hydrogen-bond acceptors (Lipinski definition) is 3. The molecular formula is C19H26N2O3. The molecule has 3 rings (SSSR count). The van der Waals surface area contributed by atoms with Gasteiger partial charge in [0.05, 0.1) is 5.92 Å². The van der Waals surface area contributed by atoms with Crippen LogP contribution in [0.5, 0.6) is 5.75 Å². The van der Waals surface area contributed by atoms with Gasteiger partial charge in [-0.2, -0.15) is 0 Å². The third-order valence-corrected chi connectivity index (χ3v) is 4.95. The van der Waals surface area contributed by atoms with Crippen molar-refractivity contribution in [2.75, 3.05) is 18.5 Å². The smallest absolute Gasteiger partial charge is 0.226 e. The monoisotopic (exact) mass is 330 g/mol. The lowest BCUT2D eigenvalue weighted by molar-refractivity contribution is -0.126. The third-order valence-electron chi connectivity index (χ3n) is 4.95. The van der Waals surface area contributed by atoms with E-state index >= 15 is 0 Å². The molecule has 130 valence electrons. The van der Waals surface area contributed by atoms with Gasteiger partial charge >= 0.3 is 0 Å². The Kier molecular flexibility index (Phi) is 5.38. The Labute approximate surface area is 143 Å². The Morgan fingerprint density at radius 2 is 2.00 bits per heavy atom. The SMILES string of the molecule is CC(=O)Nc1ccc2c(c1)CC(C(=O)NCC1CCCCC1)CO2. The summed E-state index contributed by atoms with van der Waals surface area (Å²) < 4.78 is 5.74. The zero-order valence-corrected chi connectivity index (χ0v) is 14.3. The number of hydrogen-bond donors (Lipinski definition) is 2. The van der Waals surface area contributed by atoms with Gasteiger partial charge in [0.2, 0.25) is 11.8 Å². The molecule has 1 heterocycles. The van der Waals surface area contributed by atoms with E-state index in [4.69, 9.17) is 4.74 Å². The molecule has 0 spiro atoms. The van der Waals surface area contributed by atoms with Crippen LogP contribution in [0.15, 0.2) is 18.2 Å². The molecule has 0 bridgehead atoms. The Hall–Kier alpha value is -2.04. The van der Waals surface area contributed by atoms with Crippen LogP contribution in [0.2, 0.25) is 0 Å². The Balaban J connectivity index is 1.56. The summed E-state index contributed by atoms with van der Waals surface area (Å²) in [6, 6.07) is 5.58. The van der Waals surface area contributed by atoms with E-state index in [0.29, 0.717) is 18.9 Å². The van der Waals surface area contributed by atoms with Crippen LogP contribution in [0.4, 0.5) is 5.69 Å². The van der Waals surface area contributed by atoms with E-state index in [0.717, 1.165) is 23.5 Å². The van der Waals surface area contributed by atoms with Crippen LogP contribution in [0.3, 0.4) is 0 Å². The fraction of sp³-hybridized carbons (Fsp3) is 0.579. The molecule has 5 nitrogen and oxygen atoms in total. The summed E-state index contributed by atoms with van der Waals surface area (Å²) in [7, 11) is 0. The quantitative estimate of drug-likeness (QED) is 0.892. The van der Waals surface area contributed by atoms with Crippen LogP contribution < -0.4 is 15.4 Å². The lowest BCUT2D eigenvalue weighted by Crippen LogP contribution is -2.39. The molecule has 1 aromatic rings. The van der Waals surface area contributed by atoms with Crippen molar-refractivity contribution in [3.63, 3.8) is 0 Å². The highest BCUT2D eigenvalue weighted by molar-refractivity contribution is 5.89. The summed E-state index contributed by atoms with van der Waals surface area (Å²) in [5.41, 5.74) is 1.72. The fourth-order valence-electron chi connectivity index (χ4n) is 3.62. The Morgan fingerprint density at radius 1 is 1.21 bits per heavy atom. The lowest BCUT2D eigenvalue weighted by atomic mass is 9.89. The number of rotatable bonds is 4. The van der Waals surface area contributed by atoms with Crippen molar-refractivity contribution in [2.45, 2.75) is 45.4 Å². The molecule has 2 amide bonds. The zero-order chi connectivity index (χ0) is 16.9. The highest BCUT2D eigenvalue weighted by Gasteiger charge is 2.27. The number of amides is 2. The van der Waals surface area contributed by atoms with Crippen LogP contribution >= 0.6 is 0 Å². The summed E-state index contributed by atoms with van der Waals surface area (Å²) in [5, 5.41) is 5.88. The van der Waals surface area contributed by atoms with Crippen molar-refractivity contribution in [3.05, 3.63) is 23.8 Å². The van der Waals surface area contributed by atoms with E-state index in [2.05, 4.69) is 10.6 Å². The van der Waals surface area contributed by atoms with Gasteiger partial charge in [0.25, 0.3) is 0 Å². The van der Waals surface area contributed by atoms with E-state index < -0.39 is 0 Å². The summed E-state index contributed by atoms with van der Waals surface area (Å²) in [4.78, 5) is 23.6. The molecule has 0 aromatic heterocycles. The van der Waals surface area contributed by atoms with Gasteiger partial charge < -0.3 is 15.4 Å². The number of benzene rings is 1. The molecule has 0 radical (unpaired) electrons. The predicted molar refractivity (Wildman–Crippen MR) is 93.0 cm³/mol. The first-order chi connectivity index (χ1) is 11.6. The van der Waals surface area contributed by atoms with E-state index in [1.807, 2.05) is 18.2 Å². The normalized spacial score (nSPS) is 20.6. The van der Waals surface area contributed by atoms with Crippen LogP contribution in [0, 0.1) is 11.8 Å². The minimum Gasteiger partial charge on any atom is -0.492 e. The highest BCUT2D eigenvalue weighted by Crippen LogP contribution is 2.30. The molecule has 1 aliphatic carbocycles. The molecule has 1 aromatic carbocycles. The molecule has 1 saturated carbocycles. The summed E-state index contributed by atoms with van der Waals surface area (Å²) in [5.74, 6) is 1.25. The topological polar surface area (TPSA) is 67.4 Å². The van der Waals surface area contributed by atoms with Gasteiger partial charge in [0.1, 0.15) is 12.4 Å². The number of fused-ring (bicyclic) bond motifs is 1. The van der Waals surface area contributed by atoms with E-state index in [1.54, 1.807) is 0 Å². The standard InChI is InChI=1S/C19H26N2O3/c1-13(22)21-17-7-8-18-15(10-17)9-16(12-24-18)19(23)20-11-14-5-3-2-4-6-14/h7-8,10,14,16H,2-6,9,11-12H2,1H3,(H,20,23)(H,21,22). The van der Waals surface area contributed by atoms with Crippen LogP contribution in [0.25, 0.3) is 0 Å². The first-order valence-electron chi connectivity index (χ1n) is 8.93. The van der Waals surface area contributed by atoms with Crippen molar-refractivity contribution < 1.29 is 14.3 Å². The highest BCUT2D eigenvalue weighted by atomic mass is 16.5. The molecule has 5 heteroatoms. The lowest BCUT2D eigenvalue weighted by Gasteiger charge is -2.27. The molecule has 0 saturated heterocycles. The van der Waals surface area contributed by atoms with Gasteiger partial charge in [0.15, 0.2) is 0 Å². The second-order valence-electron chi connectivity index (χ2n) is 6.96. The maximum absolute atomic E-state index is 12.5. The predicted octanol–water partition coefficient (Wildman–Crippen LogP) is 2.89. The number of carbonyl (C=O) groups excluding carboxylic acids is 2. The second kappa shape index (κ2) is 7.69. The largest absolute Gasteiger partial charge is 0.492 e. The third kappa shape index (κ3) is 4.28. The van der Waals surface area contributed by atoms with Gasteiger partial charge in [0, 0.05) is 19.2 Å². The van der Waals surface area contributed by atoms with Crippen LogP contribution in [-0.4, -0.2) is 25.0 Å². The average molecular weight is 330 g/mol. The van der Waals surface area contributed by atoms with Gasteiger partial charge in [-0.3, -0.25) is 9.59 Å². The minimum atomic E-state index is -0.159. The van der Waals surface area contributed by atoms with Crippen LogP contribution in [0.1, 0.15) is 44.6 Å². The minimum absolute atomic E-state index is 0.0798. The summed E-state index contributed by atoms with van der Waals surface area (Å²) in [6.07, 6.45) is 7.00. The van der Waals surface area contributed by atoms with Gasteiger partial charge in [-0.15, -0.1) is 0 Å². The number of carbonyl (C=O) groups is 2. The number of ether oxygens (including phenoxy) is 1. The maximum atomic E-state index is 12.5. The zero-order valence-electron chi connectivity index (χ0n) is 14.3. The average Bonchev–Trinajstić information content (AvgIpc) is 2.59. The molecule has 24 heavy (non-hydrogen) atoms. The molecule has 1 unspecified atom stereocenters. The van der Waals surface area contributed by atoms with E-state index in [9.17, 15) is 9.59 Å². The maximum Gasteiger partial charge on any atom is 0.226 e. The molecule has 1 aliphatic heterocycles. The molecule has 2 aliphatic rings. The number of anilines is 1. The van der Waals surface area contributed by atoms with E-state index in [1.165, 1.54) is 39.0 Å². The first-order valence-corrected chi connectivity index (χ1v) is 8.93. The van der Waals surface area contributed by atoms with Crippen molar-refractivity contribution in [2.24, 2.45) is 11.8 Å². The first kappa shape index (κ1) is 16.8.